The van der Waals surface area contributed by atoms with E-state index >= 15 is 0 Å². The molecule has 18 heavy (non-hydrogen) atoms. The van der Waals surface area contributed by atoms with Gasteiger partial charge in [-0.05, 0) is 18.9 Å². The predicted molar refractivity (Wildman–Crippen MR) is 65.5 cm³/mol. The number of aryl methyl sites for hydroxylation is 1. The molecule has 0 bridgehead atoms. The fourth-order valence-electron chi connectivity index (χ4n) is 1.50. The zero-order valence-corrected chi connectivity index (χ0v) is 10.4. The van der Waals surface area contributed by atoms with Crippen LogP contribution >= 0.6 is 0 Å². The number of hydrogen-bond donors (Lipinski definition) is 2. The number of carboxylic acids is 1. The van der Waals surface area contributed by atoms with E-state index in [1.807, 2.05) is 0 Å². The number of nitro groups is 1. The van der Waals surface area contributed by atoms with Crippen LogP contribution in [0.2, 0.25) is 0 Å². The molecule has 7 nitrogen and oxygen atoms in total. The van der Waals surface area contributed by atoms with Gasteiger partial charge in [0, 0.05) is 6.07 Å². The summed E-state index contributed by atoms with van der Waals surface area (Å²) in [5, 5.41) is 22.4. The van der Waals surface area contributed by atoms with Crippen molar-refractivity contribution in [3.63, 3.8) is 0 Å². The van der Waals surface area contributed by atoms with Crippen molar-refractivity contribution in [1.29, 1.82) is 0 Å². The van der Waals surface area contributed by atoms with Crippen molar-refractivity contribution in [2.75, 3.05) is 5.32 Å². The Morgan fingerprint density at radius 1 is 1.50 bits per heavy atom. The largest absolute Gasteiger partial charge is 0.480 e. The molecule has 1 heterocycles. The van der Waals surface area contributed by atoms with Crippen LogP contribution in [0.3, 0.4) is 0 Å². The summed E-state index contributed by atoms with van der Waals surface area (Å²) in [6, 6.07) is 1.94. The molecule has 0 aliphatic rings. The molecule has 0 amide bonds. The Hall–Kier alpha value is -2.18. The standard InChI is InChI=1S/C11H15N3O4/c1-6(2)10(11(15)16)13-9-5-4-8(14(17)18)7(3)12-9/h4-6,10H,1-3H3,(H,12,13)(H,15,16)/t10-/m1/s1. The Bertz CT molecular complexity index is 473. The summed E-state index contributed by atoms with van der Waals surface area (Å²) in [6.07, 6.45) is 0. The number of carbonyl (C=O) groups is 1. The number of aromatic nitrogens is 1. The maximum absolute atomic E-state index is 11.0. The molecule has 0 radical (unpaired) electrons. The fraction of sp³-hybridized carbons (Fsp3) is 0.455. The van der Waals surface area contributed by atoms with Crippen LogP contribution in [0, 0.1) is 23.0 Å². The van der Waals surface area contributed by atoms with Gasteiger partial charge in [0.2, 0.25) is 0 Å². The number of aliphatic carboxylic acids is 1. The lowest BCUT2D eigenvalue weighted by Gasteiger charge is -2.18. The van der Waals surface area contributed by atoms with Gasteiger partial charge in [0.1, 0.15) is 17.6 Å². The Morgan fingerprint density at radius 2 is 2.11 bits per heavy atom. The number of anilines is 1. The molecule has 7 heteroatoms. The smallest absolute Gasteiger partial charge is 0.326 e. The van der Waals surface area contributed by atoms with E-state index in [1.54, 1.807) is 13.8 Å². The second kappa shape index (κ2) is 5.44. The average Bonchev–Trinajstić information content (AvgIpc) is 2.24. The van der Waals surface area contributed by atoms with Gasteiger partial charge in [0.05, 0.1) is 4.92 Å². The number of hydrogen-bond acceptors (Lipinski definition) is 5. The van der Waals surface area contributed by atoms with Gasteiger partial charge in [-0.25, -0.2) is 9.78 Å². The number of rotatable bonds is 5. The van der Waals surface area contributed by atoms with Gasteiger partial charge in [-0.1, -0.05) is 13.8 Å². The highest BCUT2D eigenvalue weighted by atomic mass is 16.6. The molecule has 0 fully saturated rings. The summed E-state index contributed by atoms with van der Waals surface area (Å²) in [7, 11) is 0. The molecule has 1 rings (SSSR count). The van der Waals surface area contributed by atoms with E-state index < -0.39 is 16.9 Å². The maximum Gasteiger partial charge on any atom is 0.326 e. The molecule has 1 aromatic heterocycles. The van der Waals surface area contributed by atoms with Crippen LogP contribution in [-0.2, 0) is 4.79 Å². The fourth-order valence-corrected chi connectivity index (χ4v) is 1.50. The van der Waals surface area contributed by atoms with E-state index in [0.29, 0.717) is 5.82 Å². The Balaban J connectivity index is 2.95. The highest BCUT2D eigenvalue weighted by Gasteiger charge is 2.22. The van der Waals surface area contributed by atoms with Crippen molar-refractivity contribution in [3.8, 4) is 0 Å². The maximum atomic E-state index is 11.0. The Labute approximate surface area is 104 Å². The normalized spacial score (nSPS) is 12.2. The number of carboxylic acid groups (broad SMARTS) is 1. The number of nitrogens with one attached hydrogen (secondary N) is 1. The minimum Gasteiger partial charge on any atom is -0.480 e. The third kappa shape index (κ3) is 3.16. The first-order valence-electron chi connectivity index (χ1n) is 5.44. The highest BCUT2D eigenvalue weighted by molar-refractivity contribution is 5.77. The number of pyridine rings is 1. The molecule has 0 aliphatic heterocycles. The van der Waals surface area contributed by atoms with E-state index in [1.165, 1.54) is 19.1 Å². The van der Waals surface area contributed by atoms with Crippen molar-refractivity contribution in [3.05, 3.63) is 27.9 Å². The third-order valence-electron chi connectivity index (χ3n) is 2.49. The molecule has 1 atom stereocenters. The van der Waals surface area contributed by atoms with E-state index in [-0.39, 0.29) is 17.3 Å². The number of nitrogens with zero attached hydrogens (tertiary/aromatic N) is 2. The van der Waals surface area contributed by atoms with Crippen molar-refractivity contribution in [2.24, 2.45) is 5.92 Å². The molecule has 0 saturated carbocycles. The Morgan fingerprint density at radius 3 is 2.50 bits per heavy atom. The lowest BCUT2D eigenvalue weighted by Crippen LogP contribution is -2.34. The summed E-state index contributed by atoms with van der Waals surface area (Å²) in [6.45, 7) is 5.04. The van der Waals surface area contributed by atoms with Crippen molar-refractivity contribution < 1.29 is 14.8 Å². The predicted octanol–water partition coefficient (Wildman–Crippen LogP) is 1.82. The first-order valence-corrected chi connectivity index (χ1v) is 5.44. The molecule has 1 aromatic rings. The van der Waals surface area contributed by atoms with E-state index in [9.17, 15) is 14.9 Å². The van der Waals surface area contributed by atoms with Gasteiger partial charge < -0.3 is 10.4 Å². The summed E-state index contributed by atoms with van der Waals surface area (Å²) in [4.78, 5) is 25.1. The quantitative estimate of drug-likeness (QED) is 0.612. The van der Waals surface area contributed by atoms with E-state index in [2.05, 4.69) is 10.3 Å². The second-order valence-electron chi connectivity index (χ2n) is 4.26. The van der Waals surface area contributed by atoms with Gasteiger partial charge in [0.25, 0.3) is 5.69 Å². The summed E-state index contributed by atoms with van der Waals surface area (Å²) < 4.78 is 0. The molecular formula is C11H15N3O4. The van der Waals surface area contributed by atoms with Crippen LogP contribution in [0.15, 0.2) is 12.1 Å². The van der Waals surface area contributed by atoms with Crippen LogP contribution in [0.1, 0.15) is 19.5 Å². The average molecular weight is 253 g/mol. The summed E-state index contributed by atoms with van der Waals surface area (Å²) in [5.41, 5.74) is 0.162. The van der Waals surface area contributed by atoms with Crippen LogP contribution < -0.4 is 5.32 Å². The molecule has 0 saturated heterocycles. The molecule has 98 valence electrons. The van der Waals surface area contributed by atoms with Crippen molar-refractivity contribution in [2.45, 2.75) is 26.8 Å². The minimum atomic E-state index is -0.984. The van der Waals surface area contributed by atoms with Crippen LogP contribution in [-0.4, -0.2) is 27.0 Å². The lowest BCUT2D eigenvalue weighted by molar-refractivity contribution is -0.385. The highest BCUT2D eigenvalue weighted by Crippen LogP contribution is 2.19. The SMILES string of the molecule is Cc1nc(N[C@@H](C(=O)O)C(C)C)ccc1[N+](=O)[O-]. The van der Waals surface area contributed by atoms with Crippen LogP contribution in [0.4, 0.5) is 11.5 Å². The molecule has 0 unspecified atom stereocenters. The van der Waals surface area contributed by atoms with Crippen LogP contribution in [0.25, 0.3) is 0 Å². The third-order valence-corrected chi connectivity index (χ3v) is 2.49. The monoisotopic (exact) mass is 253 g/mol. The zero-order chi connectivity index (χ0) is 13.9. The van der Waals surface area contributed by atoms with Crippen molar-refractivity contribution in [1.82, 2.24) is 4.98 Å². The lowest BCUT2D eigenvalue weighted by atomic mass is 10.1. The molecule has 2 N–H and O–H groups in total. The van der Waals surface area contributed by atoms with Crippen LogP contribution in [0.5, 0.6) is 0 Å². The zero-order valence-electron chi connectivity index (χ0n) is 10.4. The van der Waals surface area contributed by atoms with Crippen molar-refractivity contribution >= 4 is 17.5 Å². The Kier molecular flexibility index (Phi) is 4.19. The van der Waals surface area contributed by atoms with Gasteiger partial charge in [-0.3, -0.25) is 10.1 Å². The second-order valence-corrected chi connectivity index (χ2v) is 4.26. The summed E-state index contributed by atoms with van der Waals surface area (Å²) in [5.74, 6) is -0.790. The topological polar surface area (TPSA) is 105 Å². The molecular weight excluding hydrogens is 238 g/mol. The first-order chi connectivity index (χ1) is 8.32. The van der Waals surface area contributed by atoms with E-state index in [0.717, 1.165) is 0 Å². The molecule has 0 aromatic carbocycles. The summed E-state index contributed by atoms with van der Waals surface area (Å²) >= 11 is 0. The van der Waals surface area contributed by atoms with Gasteiger partial charge >= 0.3 is 5.97 Å². The van der Waals surface area contributed by atoms with E-state index in [4.69, 9.17) is 5.11 Å². The molecule has 0 aliphatic carbocycles. The minimum absolute atomic E-state index is 0.0861. The van der Waals surface area contributed by atoms with Gasteiger partial charge in [0.15, 0.2) is 0 Å². The van der Waals surface area contributed by atoms with Gasteiger partial charge in [-0.2, -0.15) is 0 Å². The van der Waals surface area contributed by atoms with Gasteiger partial charge in [-0.15, -0.1) is 0 Å². The first kappa shape index (κ1) is 13.9. The molecule has 0 spiro atoms.